The van der Waals surface area contributed by atoms with Gasteiger partial charge in [-0.05, 0) is 24.8 Å². The van der Waals surface area contributed by atoms with Gasteiger partial charge in [0.25, 0.3) is 0 Å². The van der Waals surface area contributed by atoms with Gasteiger partial charge in [0.15, 0.2) is 0 Å². The van der Waals surface area contributed by atoms with Gasteiger partial charge < -0.3 is 4.74 Å². The maximum Gasteiger partial charge on any atom is 0.306 e. The monoisotopic (exact) mass is 260 g/mol. The number of hydrogen-bond acceptors (Lipinski definition) is 2. The van der Waals surface area contributed by atoms with Crippen LogP contribution in [0.1, 0.15) is 44.6 Å². The first-order valence-corrected chi connectivity index (χ1v) is 7.10. The van der Waals surface area contributed by atoms with Gasteiger partial charge in [-0.3, -0.25) is 4.79 Å². The Labute approximate surface area is 116 Å². The standard InChI is InChI=1S/C17H24O2/c1-3-5-12-17(18)19-16(9-4-2)14-13-15-10-7-6-8-11-15/h4,6-8,10-11,16H,2-3,5,9,12-14H2,1H3. The third-order valence-electron chi connectivity index (χ3n) is 3.06. The lowest BCUT2D eigenvalue weighted by molar-refractivity contribution is -0.149. The number of unbranched alkanes of at least 4 members (excludes halogenated alkanes) is 1. The van der Waals surface area contributed by atoms with Crippen LogP contribution in [0.3, 0.4) is 0 Å². The van der Waals surface area contributed by atoms with Crippen molar-refractivity contribution in [1.29, 1.82) is 0 Å². The van der Waals surface area contributed by atoms with Crippen molar-refractivity contribution in [3.05, 3.63) is 48.6 Å². The van der Waals surface area contributed by atoms with Crippen LogP contribution in [0.25, 0.3) is 0 Å². The van der Waals surface area contributed by atoms with Crippen LogP contribution in [0, 0.1) is 0 Å². The molecule has 0 bridgehead atoms. The first-order valence-electron chi connectivity index (χ1n) is 7.10. The van der Waals surface area contributed by atoms with Crippen molar-refractivity contribution in [1.82, 2.24) is 0 Å². The minimum absolute atomic E-state index is 0.0398. The maximum atomic E-state index is 11.6. The summed E-state index contributed by atoms with van der Waals surface area (Å²) in [6, 6.07) is 10.3. The van der Waals surface area contributed by atoms with Crippen LogP contribution in [-0.2, 0) is 16.0 Å². The molecule has 0 saturated heterocycles. The van der Waals surface area contributed by atoms with E-state index in [4.69, 9.17) is 4.74 Å². The number of benzene rings is 1. The molecule has 0 fully saturated rings. The zero-order chi connectivity index (χ0) is 13.9. The Bertz CT molecular complexity index is 370. The molecule has 104 valence electrons. The lowest BCUT2D eigenvalue weighted by Gasteiger charge is -2.16. The fourth-order valence-corrected chi connectivity index (χ4v) is 1.95. The van der Waals surface area contributed by atoms with E-state index >= 15 is 0 Å². The highest BCUT2D eigenvalue weighted by Gasteiger charge is 2.12. The van der Waals surface area contributed by atoms with Gasteiger partial charge in [0.2, 0.25) is 0 Å². The zero-order valence-corrected chi connectivity index (χ0v) is 11.8. The molecule has 1 rings (SSSR count). The van der Waals surface area contributed by atoms with E-state index in [2.05, 4.69) is 25.6 Å². The second-order valence-electron chi connectivity index (χ2n) is 4.76. The predicted octanol–water partition coefficient (Wildman–Crippen LogP) is 4.30. The number of carbonyl (C=O) groups is 1. The molecule has 0 spiro atoms. The molecule has 0 aliphatic carbocycles. The van der Waals surface area contributed by atoms with Gasteiger partial charge >= 0.3 is 5.97 Å². The quantitative estimate of drug-likeness (QED) is 0.489. The largest absolute Gasteiger partial charge is 0.462 e. The second kappa shape index (κ2) is 9.37. The molecule has 0 aliphatic rings. The van der Waals surface area contributed by atoms with Crippen LogP contribution in [0.5, 0.6) is 0 Å². The van der Waals surface area contributed by atoms with Crippen molar-refractivity contribution < 1.29 is 9.53 Å². The molecular formula is C17H24O2. The van der Waals surface area contributed by atoms with E-state index in [1.807, 2.05) is 24.3 Å². The normalized spacial score (nSPS) is 11.8. The number of carbonyl (C=O) groups excluding carboxylic acids is 1. The molecular weight excluding hydrogens is 236 g/mol. The molecule has 1 aromatic carbocycles. The van der Waals surface area contributed by atoms with Gasteiger partial charge in [0.05, 0.1) is 0 Å². The van der Waals surface area contributed by atoms with Crippen LogP contribution in [-0.4, -0.2) is 12.1 Å². The van der Waals surface area contributed by atoms with Gasteiger partial charge in [0.1, 0.15) is 6.10 Å². The summed E-state index contributed by atoms with van der Waals surface area (Å²) in [7, 11) is 0. The highest BCUT2D eigenvalue weighted by molar-refractivity contribution is 5.69. The molecule has 0 radical (unpaired) electrons. The molecule has 2 nitrogen and oxygen atoms in total. The Balaban J connectivity index is 2.39. The summed E-state index contributed by atoms with van der Waals surface area (Å²) in [5, 5.41) is 0. The number of aryl methyl sites for hydroxylation is 1. The summed E-state index contributed by atoms with van der Waals surface area (Å²) in [5.74, 6) is -0.0817. The van der Waals surface area contributed by atoms with Crippen LogP contribution < -0.4 is 0 Å². The van der Waals surface area contributed by atoms with Crippen LogP contribution >= 0.6 is 0 Å². The maximum absolute atomic E-state index is 11.6. The number of esters is 1. The van der Waals surface area contributed by atoms with E-state index in [0.717, 1.165) is 32.1 Å². The van der Waals surface area contributed by atoms with Gasteiger partial charge in [-0.1, -0.05) is 49.8 Å². The van der Waals surface area contributed by atoms with E-state index in [9.17, 15) is 4.79 Å². The minimum Gasteiger partial charge on any atom is -0.462 e. The molecule has 19 heavy (non-hydrogen) atoms. The van der Waals surface area contributed by atoms with E-state index in [0.29, 0.717) is 6.42 Å². The summed E-state index contributed by atoms with van der Waals surface area (Å²) in [5.41, 5.74) is 1.28. The van der Waals surface area contributed by atoms with Crippen molar-refractivity contribution in [2.45, 2.75) is 51.6 Å². The lowest BCUT2D eigenvalue weighted by Crippen LogP contribution is -2.18. The summed E-state index contributed by atoms with van der Waals surface area (Å²) in [4.78, 5) is 11.6. The predicted molar refractivity (Wildman–Crippen MR) is 79.0 cm³/mol. The average molecular weight is 260 g/mol. The van der Waals surface area contributed by atoms with Crippen molar-refractivity contribution in [3.63, 3.8) is 0 Å². The molecule has 1 aromatic rings. The second-order valence-corrected chi connectivity index (χ2v) is 4.76. The van der Waals surface area contributed by atoms with Crippen LogP contribution in [0.2, 0.25) is 0 Å². The van der Waals surface area contributed by atoms with E-state index < -0.39 is 0 Å². The van der Waals surface area contributed by atoms with Crippen molar-refractivity contribution in [2.24, 2.45) is 0 Å². The number of ether oxygens (including phenoxy) is 1. The lowest BCUT2D eigenvalue weighted by atomic mass is 10.0. The minimum atomic E-state index is -0.0817. The molecule has 0 N–H and O–H groups in total. The van der Waals surface area contributed by atoms with Gasteiger partial charge in [0, 0.05) is 12.8 Å². The van der Waals surface area contributed by atoms with Crippen LogP contribution in [0.15, 0.2) is 43.0 Å². The fourth-order valence-electron chi connectivity index (χ4n) is 1.95. The first kappa shape index (κ1) is 15.5. The summed E-state index contributed by atoms with van der Waals surface area (Å²) in [6.45, 7) is 5.81. The van der Waals surface area contributed by atoms with Crippen molar-refractivity contribution in [2.75, 3.05) is 0 Å². The molecule has 2 heteroatoms. The topological polar surface area (TPSA) is 26.3 Å². The third-order valence-corrected chi connectivity index (χ3v) is 3.06. The van der Waals surface area contributed by atoms with Gasteiger partial charge in [-0.2, -0.15) is 0 Å². The SMILES string of the molecule is C=CCC(CCc1ccccc1)OC(=O)CCCC. The number of rotatable bonds is 9. The zero-order valence-electron chi connectivity index (χ0n) is 11.8. The molecule has 1 unspecified atom stereocenters. The smallest absolute Gasteiger partial charge is 0.306 e. The Kier molecular flexibility index (Phi) is 7.64. The van der Waals surface area contributed by atoms with Gasteiger partial charge in [-0.25, -0.2) is 0 Å². The first-order chi connectivity index (χ1) is 9.26. The third kappa shape index (κ3) is 6.80. The van der Waals surface area contributed by atoms with E-state index in [1.165, 1.54) is 5.56 Å². The van der Waals surface area contributed by atoms with E-state index in [-0.39, 0.29) is 12.1 Å². The van der Waals surface area contributed by atoms with Crippen molar-refractivity contribution >= 4 is 5.97 Å². The number of hydrogen-bond donors (Lipinski definition) is 0. The molecule has 0 heterocycles. The molecule has 0 amide bonds. The summed E-state index contributed by atoms with van der Waals surface area (Å²) in [6.07, 6.45) is 6.74. The highest BCUT2D eigenvalue weighted by atomic mass is 16.5. The van der Waals surface area contributed by atoms with E-state index in [1.54, 1.807) is 0 Å². The summed E-state index contributed by atoms with van der Waals surface area (Å²) < 4.78 is 5.50. The summed E-state index contributed by atoms with van der Waals surface area (Å²) >= 11 is 0. The Morgan fingerprint density at radius 2 is 2.11 bits per heavy atom. The molecule has 0 aliphatic heterocycles. The Morgan fingerprint density at radius 1 is 1.37 bits per heavy atom. The Hall–Kier alpha value is -1.57. The fraction of sp³-hybridized carbons (Fsp3) is 0.471. The van der Waals surface area contributed by atoms with Gasteiger partial charge in [-0.15, -0.1) is 6.58 Å². The highest BCUT2D eigenvalue weighted by Crippen LogP contribution is 2.12. The average Bonchev–Trinajstić information content (AvgIpc) is 2.44. The molecule has 0 aromatic heterocycles. The van der Waals surface area contributed by atoms with Crippen molar-refractivity contribution in [3.8, 4) is 0 Å². The Morgan fingerprint density at radius 3 is 2.74 bits per heavy atom. The molecule has 0 saturated carbocycles. The molecule has 1 atom stereocenters. The van der Waals surface area contributed by atoms with Crippen LogP contribution in [0.4, 0.5) is 0 Å².